The van der Waals surface area contributed by atoms with Crippen LogP contribution >= 0.6 is 0 Å². The normalized spacial score (nSPS) is 10.7. The Morgan fingerprint density at radius 1 is 1.10 bits per heavy atom. The predicted octanol–water partition coefficient (Wildman–Crippen LogP) is 4.21. The number of hydrogen-bond acceptors (Lipinski definition) is 7. The Morgan fingerprint density at radius 3 is 2.47 bits per heavy atom. The Hall–Kier alpha value is -4.12. The van der Waals surface area contributed by atoms with Crippen molar-refractivity contribution in [1.82, 2.24) is 4.57 Å². The van der Waals surface area contributed by atoms with Gasteiger partial charge >= 0.3 is 0 Å². The summed E-state index contributed by atoms with van der Waals surface area (Å²) in [5.74, 6) is 0.592. The van der Waals surface area contributed by atoms with E-state index in [1.165, 1.54) is 14.2 Å². The fraction of sp³-hybridized carbons (Fsp3) is 0.182. The van der Waals surface area contributed by atoms with E-state index in [0.29, 0.717) is 17.2 Å². The standard InChI is InChI=1S/C22H20N4O4/c1-14-17(12-23)21(27)26(13-15-7-5-4-6-8-15)22(28)20(14)25-24-18-11-16(29-2)9-10-19(18)30-3/h4-11,27H,13H2,1-3H3. The summed E-state index contributed by atoms with van der Waals surface area (Å²) in [6.45, 7) is 1.63. The minimum absolute atomic E-state index is 0.0305. The fourth-order valence-electron chi connectivity index (χ4n) is 2.95. The Labute approximate surface area is 173 Å². The van der Waals surface area contributed by atoms with Crippen molar-refractivity contribution in [1.29, 1.82) is 5.26 Å². The lowest BCUT2D eigenvalue weighted by molar-refractivity contribution is 0.404. The van der Waals surface area contributed by atoms with Gasteiger partial charge in [0.05, 0.1) is 20.8 Å². The highest BCUT2D eigenvalue weighted by atomic mass is 16.5. The van der Waals surface area contributed by atoms with Gasteiger partial charge in [-0.15, -0.1) is 10.2 Å². The fourth-order valence-corrected chi connectivity index (χ4v) is 2.95. The predicted molar refractivity (Wildman–Crippen MR) is 111 cm³/mol. The molecule has 0 unspecified atom stereocenters. The number of rotatable bonds is 6. The summed E-state index contributed by atoms with van der Waals surface area (Å²) >= 11 is 0. The van der Waals surface area contributed by atoms with Crippen LogP contribution in [0, 0.1) is 18.3 Å². The number of azo groups is 1. The first kappa shape index (κ1) is 20.6. The Balaban J connectivity index is 2.14. The number of benzene rings is 2. The highest BCUT2D eigenvalue weighted by molar-refractivity contribution is 5.58. The van der Waals surface area contributed by atoms with Crippen LogP contribution < -0.4 is 15.0 Å². The molecule has 0 saturated carbocycles. The lowest BCUT2D eigenvalue weighted by Gasteiger charge is -2.13. The van der Waals surface area contributed by atoms with Crippen molar-refractivity contribution in [2.45, 2.75) is 13.5 Å². The molecule has 152 valence electrons. The molecule has 0 aliphatic carbocycles. The van der Waals surface area contributed by atoms with Gasteiger partial charge < -0.3 is 14.6 Å². The highest BCUT2D eigenvalue weighted by Crippen LogP contribution is 2.33. The third-order valence-electron chi connectivity index (χ3n) is 4.60. The van der Waals surface area contributed by atoms with Crippen molar-refractivity contribution in [2.24, 2.45) is 10.2 Å². The highest BCUT2D eigenvalue weighted by Gasteiger charge is 2.19. The zero-order valence-electron chi connectivity index (χ0n) is 16.8. The quantitative estimate of drug-likeness (QED) is 0.619. The van der Waals surface area contributed by atoms with Gasteiger partial charge in [-0.3, -0.25) is 9.36 Å². The van der Waals surface area contributed by atoms with Crippen molar-refractivity contribution >= 4 is 11.4 Å². The van der Waals surface area contributed by atoms with E-state index in [-0.39, 0.29) is 23.4 Å². The Kier molecular flexibility index (Phi) is 6.13. The number of aromatic nitrogens is 1. The van der Waals surface area contributed by atoms with E-state index in [2.05, 4.69) is 10.2 Å². The molecule has 8 nitrogen and oxygen atoms in total. The van der Waals surface area contributed by atoms with Gasteiger partial charge in [0.25, 0.3) is 5.56 Å². The monoisotopic (exact) mass is 404 g/mol. The molecular weight excluding hydrogens is 384 g/mol. The summed E-state index contributed by atoms with van der Waals surface area (Å²) in [5, 5.41) is 28.3. The topological polar surface area (TPSA) is 109 Å². The lowest BCUT2D eigenvalue weighted by atomic mass is 10.1. The maximum Gasteiger partial charge on any atom is 0.281 e. The molecule has 0 aliphatic rings. The van der Waals surface area contributed by atoms with Crippen molar-refractivity contribution < 1.29 is 14.6 Å². The second-order valence-electron chi connectivity index (χ2n) is 6.40. The SMILES string of the molecule is COc1ccc(OC)c(N=Nc2c(C)c(C#N)c(O)n(Cc3ccccc3)c2=O)c1. The number of ether oxygens (including phenoxy) is 2. The van der Waals surface area contributed by atoms with Crippen LogP contribution in [0.4, 0.5) is 11.4 Å². The summed E-state index contributed by atoms with van der Waals surface area (Å²) in [6.07, 6.45) is 0. The third kappa shape index (κ3) is 4.00. The molecule has 30 heavy (non-hydrogen) atoms. The molecular formula is C22H20N4O4. The van der Waals surface area contributed by atoms with Gasteiger partial charge in [-0.1, -0.05) is 30.3 Å². The van der Waals surface area contributed by atoms with Gasteiger partial charge in [-0.25, -0.2) is 0 Å². The molecule has 0 atom stereocenters. The third-order valence-corrected chi connectivity index (χ3v) is 4.60. The largest absolute Gasteiger partial charge is 0.497 e. The van der Waals surface area contributed by atoms with Gasteiger partial charge in [0.2, 0.25) is 5.88 Å². The van der Waals surface area contributed by atoms with Crippen LogP contribution in [0.3, 0.4) is 0 Å². The van der Waals surface area contributed by atoms with E-state index in [4.69, 9.17) is 9.47 Å². The van der Waals surface area contributed by atoms with Crippen LogP contribution in [0.5, 0.6) is 17.4 Å². The summed E-state index contributed by atoms with van der Waals surface area (Å²) in [5.41, 5.74) is 0.771. The molecule has 3 aromatic rings. The number of methoxy groups -OCH3 is 2. The van der Waals surface area contributed by atoms with Crippen LogP contribution in [-0.4, -0.2) is 23.9 Å². The molecule has 3 rings (SSSR count). The van der Waals surface area contributed by atoms with Gasteiger partial charge in [0, 0.05) is 11.6 Å². The van der Waals surface area contributed by atoms with Gasteiger partial charge in [0.1, 0.15) is 28.8 Å². The van der Waals surface area contributed by atoms with Crippen LogP contribution in [0.2, 0.25) is 0 Å². The zero-order chi connectivity index (χ0) is 21.7. The molecule has 0 fully saturated rings. The van der Waals surface area contributed by atoms with Gasteiger partial charge in [0.15, 0.2) is 5.69 Å². The molecule has 0 radical (unpaired) electrons. The van der Waals surface area contributed by atoms with Gasteiger partial charge in [-0.05, 0) is 24.6 Å². The second kappa shape index (κ2) is 8.92. The van der Waals surface area contributed by atoms with Crippen molar-refractivity contribution in [3.63, 3.8) is 0 Å². The Morgan fingerprint density at radius 2 is 1.83 bits per heavy atom. The molecule has 0 aliphatic heterocycles. The number of nitrogens with zero attached hydrogens (tertiary/aromatic N) is 4. The molecule has 1 heterocycles. The minimum atomic E-state index is -0.557. The molecule has 8 heteroatoms. The summed E-state index contributed by atoms with van der Waals surface area (Å²) in [6, 6.07) is 16.1. The summed E-state index contributed by atoms with van der Waals surface area (Å²) in [7, 11) is 3.02. The summed E-state index contributed by atoms with van der Waals surface area (Å²) < 4.78 is 11.6. The van der Waals surface area contributed by atoms with Crippen LogP contribution in [0.25, 0.3) is 0 Å². The van der Waals surface area contributed by atoms with E-state index in [1.807, 2.05) is 36.4 Å². The maximum absolute atomic E-state index is 13.1. The smallest absolute Gasteiger partial charge is 0.281 e. The first-order valence-corrected chi connectivity index (χ1v) is 9.04. The Bertz CT molecular complexity index is 1190. The first-order chi connectivity index (χ1) is 14.5. The van der Waals surface area contributed by atoms with E-state index < -0.39 is 11.4 Å². The number of hydrogen-bond donors (Lipinski definition) is 1. The average molecular weight is 404 g/mol. The van der Waals surface area contributed by atoms with Gasteiger partial charge in [-0.2, -0.15) is 5.26 Å². The molecule has 0 spiro atoms. The zero-order valence-corrected chi connectivity index (χ0v) is 16.8. The molecule has 2 aromatic carbocycles. The average Bonchev–Trinajstić information content (AvgIpc) is 2.77. The molecule has 1 aromatic heterocycles. The van der Waals surface area contributed by atoms with Crippen LogP contribution in [-0.2, 0) is 6.54 Å². The molecule has 0 amide bonds. The van der Waals surface area contributed by atoms with Crippen molar-refractivity contribution in [3.05, 3.63) is 75.6 Å². The van der Waals surface area contributed by atoms with Crippen LogP contribution in [0.15, 0.2) is 63.6 Å². The van der Waals surface area contributed by atoms with E-state index in [0.717, 1.165) is 10.1 Å². The van der Waals surface area contributed by atoms with E-state index in [1.54, 1.807) is 25.1 Å². The van der Waals surface area contributed by atoms with Crippen molar-refractivity contribution in [3.8, 4) is 23.4 Å². The first-order valence-electron chi connectivity index (χ1n) is 9.04. The molecule has 1 N–H and O–H groups in total. The number of aromatic hydroxyl groups is 1. The number of pyridine rings is 1. The van der Waals surface area contributed by atoms with Crippen molar-refractivity contribution in [2.75, 3.05) is 14.2 Å². The minimum Gasteiger partial charge on any atom is -0.497 e. The van der Waals surface area contributed by atoms with E-state index >= 15 is 0 Å². The maximum atomic E-state index is 13.1. The van der Waals surface area contributed by atoms with Crippen LogP contribution in [0.1, 0.15) is 16.7 Å². The molecule has 0 bridgehead atoms. The summed E-state index contributed by atoms with van der Waals surface area (Å²) in [4.78, 5) is 13.1. The van der Waals surface area contributed by atoms with E-state index in [9.17, 15) is 15.2 Å². The number of nitriles is 1. The lowest BCUT2D eigenvalue weighted by Crippen LogP contribution is -2.22. The second-order valence-corrected chi connectivity index (χ2v) is 6.40. The molecule has 0 saturated heterocycles.